The van der Waals surface area contributed by atoms with Gasteiger partial charge in [-0.3, -0.25) is 19.2 Å². The molecule has 0 spiro atoms. The van der Waals surface area contributed by atoms with Crippen LogP contribution in [-0.2, 0) is 28.7 Å². The van der Waals surface area contributed by atoms with Gasteiger partial charge in [-0.25, -0.2) is 0 Å². The Hall–Kier alpha value is -2.14. The summed E-state index contributed by atoms with van der Waals surface area (Å²) in [6.07, 6.45) is 0.978. The average molecular weight is 711 g/mol. The van der Waals surface area contributed by atoms with Crippen LogP contribution in [0.2, 0.25) is 0 Å². The van der Waals surface area contributed by atoms with E-state index >= 15 is 0 Å². The number of ketones is 2. The molecule has 1 saturated heterocycles. The van der Waals surface area contributed by atoms with Crippen LogP contribution in [0.1, 0.15) is 128 Å². The van der Waals surface area contributed by atoms with Gasteiger partial charge in [0.1, 0.15) is 18.0 Å². The summed E-state index contributed by atoms with van der Waals surface area (Å²) in [5.74, 6) is -2.77. The van der Waals surface area contributed by atoms with Crippen molar-refractivity contribution in [3.05, 3.63) is 11.6 Å². The zero-order chi connectivity index (χ0) is 38.6. The minimum Gasteiger partial charge on any atom is -0.462 e. The van der Waals surface area contributed by atoms with E-state index in [1.807, 2.05) is 54.5 Å². The van der Waals surface area contributed by atoms with Crippen LogP contribution in [-0.4, -0.2) is 80.6 Å². The molecule has 0 unspecified atom stereocenters. The molecule has 0 aliphatic carbocycles. The highest BCUT2D eigenvalue weighted by molar-refractivity contribution is 5.96. The second kappa shape index (κ2) is 21.4. The van der Waals surface area contributed by atoms with Crippen molar-refractivity contribution in [3.8, 4) is 0 Å². The Morgan fingerprint density at radius 3 is 1.84 bits per heavy atom. The number of aliphatic hydroxyl groups is 4. The highest BCUT2D eigenvalue weighted by Crippen LogP contribution is 2.30. The van der Waals surface area contributed by atoms with Gasteiger partial charge in [0.15, 0.2) is 5.78 Å². The number of hydrogen-bond donors (Lipinski definition) is 4. The summed E-state index contributed by atoms with van der Waals surface area (Å²) < 4.78 is 11.1. The lowest BCUT2D eigenvalue weighted by molar-refractivity contribution is -0.161. The largest absolute Gasteiger partial charge is 0.462 e. The molecule has 0 radical (unpaired) electrons. The zero-order valence-electron chi connectivity index (χ0n) is 32.9. The van der Waals surface area contributed by atoms with Crippen LogP contribution in [0.25, 0.3) is 0 Å². The Kier molecular flexibility index (Phi) is 19.6. The number of carbonyl (C=O) groups excluding carboxylic acids is 4. The molecule has 1 fully saturated rings. The first-order valence-electron chi connectivity index (χ1n) is 19.1. The summed E-state index contributed by atoms with van der Waals surface area (Å²) >= 11 is 0. The lowest BCUT2D eigenvalue weighted by Gasteiger charge is -2.32. The van der Waals surface area contributed by atoms with Crippen LogP contribution in [0.5, 0.6) is 0 Å². The van der Waals surface area contributed by atoms with Gasteiger partial charge in [-0.05, 0) is 69.3 Å². The molecule has 0 saturated carbocycles. The molecule has 0 aromatic rings. The Morgan fingerprint density at radius 2 is 1.28 bits per heavy atom. The van der Waals surface area contributed by atoms with Crippen molar-refractivity contribution in [3.63, 3.8) is 0 Å². The second-order valence-corrected chi connectivity index (χ2v) is 15.9. The normalized spacial score (nSPS) is 42.0. The SMILES string of the molecule is CC[C@H]1OC(=O)C[C@@H](O)[C@H](C)[C@@H](O)[C@@H](C)CCC(=O)[C@H](C)[C@@H](O)[C@H]1C.CC[C@H]1OC(=O)[C@H](C)[C@@H](O)[C@H](C)C[C@@H](C)C[C@@H](C)C(=O)/C(C)=C/[C@H]1C. The van der Waals surface area contributed by atoms with Crippen molar-refractivity contribution in [2.24, 2.45) is 53.3 Å². The van der Waals surface area contributed by atoms with E-state index in [0.29, 0.717) is 25.2 Å². The summed E-state index contributed by atoms with van der Waals surface area (Å²) in [7, 11) is 0. The molecule has 2 rings (SSSR count). The van der Waals surface area contributed by atoms with Crippen molar-refractivity contribution in [1.29, 1.82) is 0 Å². The maximum absolute atomic E-state index is 12.6. The molecule has 0 amide bonds. The fourth-order valence-corrected chi connectivity index (χ4v) is 7.52. The van der Waals surface area contributed by atoms with Gasteiger partial charge in [0, 0.05) is 36.0 Å². The molecular weight excluding hydrogens is 640 g/mol. The van der Waals surface area contributed by atoms with Crippen LogP contribution < -0.4 is 0 Å². The molecule has 2 heterocycles. The van der Waals surface area contributed by atoms with Crippen LogP contribution in [0.15, 0.2) is 11.6 Å². The predicted molar refractivity (Wildman–Crippen MR) is 194 cm³/mol. The van der Waals surface area contributed by atoms with Crippen LogP contribution in [0.3, 0.4) is 0 Å². The fourth-order valence-electron chi connectivity index (χ4n) is 7.52. The average Bonchev–Trinajstić information content (AvgIpc) is 3.07. The Morgan fingerprint density at radius 1 is 0.700 bits per heavy atom. The number of esters is 2. The van der Waals surface area contributed by atoms with Gasteiger partial charge >= 0.3 is 11.9 Å². The number of hydrogen-bond acceptors (Lipinski definition) is 10. The zero-order valence-corrected chi connectivity index (χ0v) is 32.9. The number of Topliss-reactive ketones (excluding diaryl/α,β-unsaturated/α-hetero) is 2. The monoisotopic (exact) mass is 710 g/mol. The number of ether oxygens (including phenoxy) is 2. The first kappa shape index (κ1) is 45.9. The summed E-state index contributed by atoms with van der Waals surface area (Å²) in [5, 5.41) is 41.7. The van der Waals surface area contributed by atoms with Gasteiger partial charge in [0.25, 0.3) is 0 Å². The van der Waals surface area contributed by atoms with E-state index in [0.717, 1.165) is 18.4 Å². The van der Waals surface area contributed by atoms with Gasteiger partial charge in [-0.15, -0.1) is 0 Å². The third kappa shape index (κ3) is 13.4. The minimum absolute atomic E-state index is 0.0167. The maximum Gasteiger partial charge on any atom is 0.311 e. The number of cyclic esters (lactones) is 2. The van der Waals surface area contributed by atoms with Gasteiger partial charge < -0.3 is 29.9 Å². The van der Waals surface area contributed by atoms with E-state index in [4.69, 9.17) is 9.47 Å². The number of aliphatic hydroxyl groups excluding tert-OH is 4. The molecule has 2 aliphatic heterocycles. The van der Waals surface area contributed by atoms with E-state index in [9.17, 15) is 39.6 Å². The molecule has 50 heavy (non-hydrogen) atoms. The molecule has 0 aromatic heterocycles. The highest BCUT2D eigenvalue weighted by Gasteiger charge is 2.36. The van der Waals surface area contributed by atoms with Crippen LogP contribution in [0, 0.1) is 53.3 Å². The smallest absolute Gasteiger partial charge is 0.311 e. The van der Waals surface area contributed by atoms with E-state index in [1.165, 1.54) is 0 Å². The Bertz CT molecular complexity index is 1120. The molecule has 2 aliphatic rings. The minimum atomic E-state index is -1.01. The molecule has 4 N–H and O–H groups in total. The summed E-state index contributed by atoms with van der Waals surface area (Å²) in [4.78, 5) is 49.7. The van der Waals surface area contributed by atoms with Crippen molar-refractivity contribution in [1.82, 2.24) is 0 Å². The van der Waals surface area contributed by atoms with E-state index in [1.54, 1.807) is 27.7 Å². The number of carbonyl (C=O) groups is 4. The number of rotatable bonds is 2. The summed E-state index contributed by atoms with van der Waals surface area (Å²) in [6.45, 7) is 22.4. The van der Waals surface area contributed by atoms with Crippen molar-refractivity contribution in [2.75, 3.05) is 0 Å². The van der Waals surface area contributed by atoms with Crippen molar-refractivity contribution in [2.45, 2.75) is 165 Å². The van der Waals surface area contributed by atoms with Crippen molar-refractivity contribution < 1.29 is 49.1 Å². The van der Waals surface area contributed by atoms with E-state index < -0.39 is 54.2 Å². The molecule has 15 atom stereocenters. The third-order valence-electron chi connectivity index (χ3n) is 11.4. The molecule has 0 aromatic carbocycles. The predicted octanol–water partition coefficient (Wildman–Crippen LogP) is 5.85. The quantitative estimate of drug-likeness (QED) is 0.255. The third-order valence-corrected chi connectivity index (χ3v) is 11.4. The maximum atomic E-state index is 12.6. The lowest BCUT2D eigenvalue weighted by Crippen LogP contribution is -2.41. The fraction of sp³-hybridized carbons (Fsp3) is 0.850. The van der Waals surface area contributed by atoms with Gasteiger partial charge in [0.05, 0.1) is 36.8 Å². The van der Waals surface area contributed by atoms with Crippen molar-refractivity contribution >= 4 is 23.5 Å². The first-order valence-corrected chi connectivity index (χ1v) is 19.1. The van der Waals surface area contributed by atoms with E-state index in [-0.39, 0.29) is 66.1 Å². The summed E-state index contributed by atoms with van der Waals surface area (Å²) in [6, 6.07) is 0. The van der Waals surface area contributed by atoms with Gasteiger partial charge in [-0.1, -0.05) is 75.3 Å². The van der Waals surface area contributed by atoms with Gasteiger partial charge in [-0.2, -0.15) is 0 Å². The number of allylic oxidation sites excluding steroid dienone is 1. The molecular formula is C40H70O10. The van der Waals surface area contributed by atoms with Crippen LogP contribution >= 0.6 is 0 Å². The summed E-state index contributed by atoms with van der Waals surface area (Å²) in [5.41, 5.74) is 0.750. The van der Waals surface area contributed by atoms with E-state index in [2.05, 4.69) is 6.92 Å². The van der Waals surface area contributed by atoms with Gasteiger partial charge in [0.2, 0.25) is 0 Å². The molecule has 290 valence electrons. The van der Waals surface area contributed by atoms with Crippen LogP contribution in [0.4, 0.5) is 0 Å². The Balaban J connectivity index is 0.000000500. The highest BCUT2D eigenvalue weighted by atomic mass is 16.5. The first-order chi connectivity index (χ1) is 23.2. The lowest BCUT2D eigenvalue weighted by atomic mass is 9.81. The molecule has 0 bridgehead atoms. The molecule has 10 heteroatoms. The topological polar surface area (TPSA) is 168 Å². The standard InChI is InChI=1S/C21H36O4.C19H34O6/c1-8-18-13(3)11-16(6)19(22)14(4)9-12(2)10-15(5)20(23)17(7)21(24)25-18;1-6-16-13(5)19(24)11(3)14(20)8-7-10(2)18(23)12(4)15(21)9-17(22)25-16/h11-15,17-18,20,23H,8-10H2,1-7H3;10-13,15-16,18-19,21,23-24H,6-9H2,1-5H3/b16-11+;/t12-,13+,14+,15+,17+,18+,20-;10-,11-,12-,13-,15+,16+,18-,19+/m00/s1. The molecule has 10 nitrogen and oxygen atoms in total. The second-order valence-electron chi connectivity index (χ2n) is 15.9. The Labute approximate surface area is 301 Å².